The number of aliphatic carboxylic acids is 1. The van der Waals surface area contributed by atoms with Crippen LogP contribution in [0.15, 0.2) is 0 Å². The van der Waals surface area contributed by atoms with Crippen molar-refractivity contribution in [1.29, 1.82) is 0 Å². The van der Waals surface area contributed by atoms with Crippen LogP contribution in [0, 0.1) is 17.3 Å². The van der Waals surface area contributed by atoms with Gasteiger partial charge < -0.3 is 9.94 Å². The summed E-state index contributed by atoms with van der Waals surface area (Å²) in [5.74, 6) is -1.13. The highest BCUT2D eigenvalue weighted by molar-refractivity contribution is 5.75. The molecule has 2 aliphatic heterocycles. The number of carbonyl (C=O) groups excluding carboxylic acids is 1. The molecule has 1 aliphatic carbocycles. The summed E-state index contributed by atoms with van der Waals surface area (Å²) in [6.45, 7) is 6.07. The number of carbonyl (C=O) groups is 2. The van der Waals surface area contributed by atoms with E-state index in [4.69, 9.17) is 4.84 Å². The molecule has 1 N–H and O–H groups in total. The second-order valence-electron chi connectivity index (χ2n) is 6.42. The Morgan fingerprint density at radius 2 is 1.94 bits per heavy atom. The Kier molecular flexibility index (Phi) is 3.36. The Labute approximate surface area is 107 Å². The second-order valence-corrected chi connectivity index (χ2v) is 6.42. The first-order chi connectivity index (χ1) is 8.29. The molecular weight excluding hydrogens is 234 g/mol. The highest BCUT2D eigenvalue weighted by Gasteiger charge is 2.46. The van der Waals surface area contributed by atoms with Gasteiger partial charge in [-0.3, -0.25) is 4.79 Å². The van der Waals surface area contributed by atoms with Gasteiger partial charge in [-0.2, -0.15) is 0 Å². The number of hydroxylamine groups is 2. The average molecular weight is 255 g/mol. The van der Waals surface area contributed by atoms with Crippen LogP contribution < -0.4 is 0 Å². The summed E-state index contributed by atoms with van der Waals surface area (Å²) >= 11 is 0. The Morgan fingerprint density at radius 1 is 1.28 bits per heavy atom. The SMILES string of the molecule is CC(C)(C)C(=O)ON1CC2CCC1C(C(=O)O)C2. The van der Waals surface area contributed by atoms with Gasteiger partial charge in [0.15, 0.2) is 0 Å². The van der Waals surface area contributed by atoms with Crippen molar-refractivity contribution in [3.8, 4) is 0 Å². The van der Waals surface area contributed by atoms with Gasteiger partial charge in [0.1, 0.15) is 0 Å². The van der Waals surface area contributed by atoms with Crippen LogP contribution in [-0.4, -0.2) is 34.7 Å². The number of hydrogen-bond acceptors (Lipinski definition) is 4. The predicted octanol–water partition coefficient (Wildman–Crippen LogP) is 1.68. The van der Waals surface area contributed by atoms with E-state index in [0.29, 0.717) is 18.9 Å². The first-order valence-corrected chi connectivity index (χ1v) is 6.51. The molecule has 5 heteroatoms. The summed E-state index contributed by atoms with van der Waals surface area (Å²) in [6.07, 6.45) is 2.56. The summed E-state index contributed by atoms with van der Waals surface area (Å²) in [5, 5.41) is 10.8. The van der Waals surface area contributed by atoms with E-state index in [0.717, 1.165) is 12.8 Å². The minimum Gasteiger partial charge on any atom is -0.481 e. The molecule has 0 aromatic rings. The van der Waals surface area contributed by atoms with Crippen LogP contribution in [0.5, 0.6) is 0 Å². The molecule has 0 spiro atoms. The number of hydrogen-bond donors (Lipinski definition) is 1. The Morgan fingerprint density at radius 3 is 2.44 bits per heavy atom. The van der Waals surface area contributed by atoms with Gasteiger partial charge in [0.05, 0.1) is 17.4 Å². The van der Waals surface area contributed by atoms with Crippen molar-refractivity contribution in [1.82, 2.24) is 5.06 Å². The molecule has 3 unspecified atom stereocenters. The van der Waals surface area contributed by atoms with Gasteiger partial charge in [-0.25, -0.2) is 4.79 Å². The van der Waals surface area contributed by atoms with E-state index in [1.807, 2.05) is 0 Å². The van der Waals surface area contributed by atoms with Crippen LogP contribution in [0.4, 0.5) is 0 Å². The lowest BCUT2D eigenvalue weighted by Crippen LogP contribution is -2.56. The molecule has 2 heterocycles. The minimum absolute atomic E-state index is 0.154. The molecule has 3 fully saturated rings. The van der Waals surface area contributed by atoms with E-state index in [9.17, 15) is 14.7 Å². The molecule has 0 aromatic heterocycles. The largest absolute Gasteiger partial charge is 0.481 e. The lowest BCUT2D eigenvalue weighted by Gasteiger charge is -2.47. The summed E-state index contributed by atoms with van der Waals surface area (Å²) in [6, 6.07) is -0.154. The van der Waals surface area contributed by atoms with Crippen molar-refractivity contribution in [2.24, 2.45) is 17.3 Å². The quantitative estimate of drug-likeness (QED) is 0.813. The van der Waals surface area contributed by atoms with Crippen molar-refractivity contribution in [2.75, 3.05) is 6.54 Å². The number of carboxylic acids is 1. The summed E-state index contributed by atoms with van der Waals surface area (Å²) in [4.78, 5) is 28.5. The molecule has 2 bridgehead atoms. The third kappa shape index (κ3) is 2.51. The topological polar surface area (TPSA) is 66.8 Å². The highest BCUT2D eigenvalue weighted by Crippen LogP contribution is 2.39. The molecular formula is C13H21NO4. The standard InChI is InChI=1S/C13H21NO4/c1-13(2,3)12(17)18-14-7-8-4-5-10(14)9(6-8)11(15)16/h8-10H,4-7H2,1-3H3,(H,15,16). The van der Waals surface area contributed by atoms with Gasteiger partial charge in [0.25, 0.3) is 0 Å². The fraction of sp³-hybridized carbons (Fsp3) is 0.846. The first kappa shape index (κ1) is 13.3. The maximum Gasteiger partial charge on any atom is 0.330 e. The molecule has 5 nitrogen and oxygen atoms in total. The van der Waals surface area contributed by atoms with Crippen molar-refractivity contribution in [3.05, 3.63) is 0 Å². The van der Waals surface area contributed by atoms with Crippen molar-refractivity contribution in [2.45, 2.75) is 46.1 Å². The summed E-state index contributed by atoms with van der Waals surface area (Å²) in [5.41, 5.74) is -0.560. The highest BCUT2D eigenvalue weighted by atomic mass is 16.7. The van der Waals surface area contributed by atoms with Crippen LogP contribution in [0.1, 0.15) is 40.0 Å². The zero-order valence-corrected chi connectivity index (χ0v) is 11.2. The average Bonchev–Trinajstić information content (AvgIpc) is 2.28. The fourth-order valence-corrected chi connectivity index (χ4v) is 2.76. The van der Waals surface area contributed by atoms with E-state index in [2.05, 4.69) is 0 Å². The molecule has 1 saturated carbocycles. The Balaban J connectivity index is 2.06. The van der Waals surface area contributed by atoms with Gasteiger partial charge in [-0.15, -0.1) is 5.06 Å². The smallest absolute Gasteiger partial charge is 0.330 e. The number of nitrogens with zero attached hydrogens (tertiary/aromatic N) is 1. The molecule has 2 saturated heterocycles. The van der Waals surface area contributed by atoms with Crippen molar-refractivity contribution >= 4 is 11.9 Å². The number of piperidine rings is 2. The molecule has 3 atom stereocenters. The van der Waals surface area contributed by atoms with E-state index in [1.54, 1.807) is 25.8 Å². The van der Waals surface area contributed by atoms with Gasteiger partial charge in [0, 0.05) is 6.54 Å². The summed E-state index contributed by atoms with van der Waals surface area (Å²) in [7, 11) is 0. The normalized spacial score (nSPS) is 32.3. The van der Waals surface area contributed by atoms with Crippen molar-refractivity contribution in [3.63, 3.8) is 0 Å². The van der Waals surface area contributed by atoms with Crippen LogP contribution in [-0.2, 0) is 14.4 Å². The maximum absolute atomic E-state index is 11.9. The third-order valence-corrected chi connectivity index (χ3v) is 3.86. The molecule has 0 amide bonds. The lowest BCUT2D eigenvalue weighted by atomic mass is 9.74. The van der Waals surface area contributed by atoms with Crippen molar-refractivity contribution < 1.29 is 19.5 Å². The summed E-state index contributed by atoms with van der Waals surface area (Å²) < 4.78 is 0. The molecule has 102 valence electrons. The number of rotatable bonds is 2. The zero-order valence-electron chi connectivity index (χ0n) is 11.2. The van der Waals surface area contributed by atoms with E-state index in [1.165, 1.54) is 0 Å². The monoisotopic (exact) mass is 255 g/mol. The van der Waals surface area contributed by atoms with E-state index < -0.39 is 17.3 Å². The van der Waals surface area contributed by atoms with Gasteiger partial charge in [-0.05, 0) is 46.0 Å². The lowest BCUT2D eigenvalue weighted by molar-refractivity contribution is -0.241. The number of carboxylic acid groups (broad SMARTS) is 1. The molecule has 3 aliphatic rings. The van der Waals surface area contributed by atoms with Crippen LogP contribution >= 0.6 is 0 Å². The molecule has 0 radical (unpaired) electrons. The Hall–Kier alpha value is -1.10. The molecule has 3 rings (SSSR count). The van der Waals surface area contributed by atoms with E-state index in [-0.39, 0.29) is 12.0 Å². The van der Waals surface area contributed by atoms with Gasteiger partial charge in [-0.1, -0.05) is 0 Å². The minimum atomic E-state index is -0.777. The zero-order chi connectivity index (χ0) is 13.5. The van der Waals surface area contributed by atoms with Crippen LogP contribution in [0.3, 0.4) is 0 Å². The fourth-order valence-electron chi connectivity index (χ4n) is 2.76. The van der Waals surface area contributed by atoms with Gasteiger partial charge in [0.2, 0.25) is 0 Å². The Bertz CT molecular complexity index is 360. The number of fused-ring (bicyclic) bond motifs is 3. The van der Waals surface area contributed by atoms with Crippen LogP contribution in [0.25, 0.3) is 0 Å². The van der Waals surface area contributed by atoms with Crippen LogP contribution in [0.2, 0.25) is 0 Å². The molecule has 18 heavy (non-hydrogen) atoms. The van der Waals surface area contributed by atoms with E-state index >= 15 is 0 Å². The van der Waals surface area contributed by atoms with Gasteiger partial charge >= 0.3 is 11.9 Å². The maximum atomic E-state index is 11.9. The predicted molar refractivity (Wildman–Crippen MR) is 64.5 cm³/mol. The first-order valence-electron chi connectivity index (χ1n) is 6.51. The third-order valence-electron chi connectivity index (χ3n) is 3.86. The molecule has 0 aromatic carbocycles. The second kappa shape index (κ2) is 4.53.